The lowest BCUT2D eigenvalue weighted by atomic mass is 9.90. The Morgan fingerprint density at radius 2 is 2.35 bits per heavy atom. The Balaban J connectivity index is 2.00. The zero-order valence-corrected chi connectivity index (χ0v) is 11.0. The molecule has 1 aromatic heterocycles. The fraction of sp³-hybridized carbons (Fsp3) is 0.769. The van der Waals surface area contributed by atoms with Gasteiger partial charge in [0.25, 0.3) is 0 Å². The van der Waals surface area contributed by atoms with Crippen molar-refractivity contribution in [3.05, 3.63) is 18.0 Å². The fourth-order valence-corrected chi connectivity index (χ4v) is 2.81. The molecule has 2 unspecified atom stereocenters. The van der Waals surface area contributed by atoms with E-state index in [1.165, 1.54) is 24.9 Å². The van der Waals surface area contributed by atoms with Gasteiger partial charge in [0.05, 0.1) is 6.20 Å². The minimum absolute atomic E-state index is 0.536. The van der Waals surface area contributed by atoms with Crippen molar-refractivity contribution in [1.82, 2.24) is 14.7 Å². The number of rotatable bonds is 4. The Bertz CT molecular complexity index is 347. The molecular formula is C13H24N4. The van der Waals surface area contributed by atoms with Crippen LogP contribution in [0.4, 0.5) is 0 Å². The summed E-state index contributed by atoms with van der Waals surface area (Å²) in [5.74, 6) is 0.718. The second-order valence-corrected chi connectivity index (χ2v) is 5.10. The van der Waals surface area contributed by atoms with Crippen LogP contribution in [0.1, 0.15) is 32.3 Å². The molecule has 0 bridgehead atoms. The summed E-state index contributed by atoms with van der Waals surface area (Å²) in [6.07, 6.45) is 6.73. The molecule has 2 rings (SSSR count). The molecule has 1 aliphatic rings. The van der Waals surface area contributed by atoms with Crippen molar-refractivity contribution < 1.29 is 0 Å². The molecule has 0 saturated carbocycles. The molecule has 4 heteroatoms. The predicted molar refractivity (Wildman–Crippen MR) is 69.6 cm³/mol. The first-order valence-electron chi connectivity index (χ1n) is 6.70. The largest absolute Gasteiger partial charge is 0.329 e. The lowest BCUT2D eigenvalue weighted by Crippen LogP contribution is -2.47. The van der Waals surface area contributed by atoms with Crippen molar-refractivity contribution in [2.75, 3.05) is 13.1 Å². The lowest BCUT2D eigenvalue weighted by Gasteiger charge is -2.39. The zero-order chi connectivity index (χ0) is 12.3. The van der Waals surface area contributed by atoms with E-state index in [4.69, 9.17) is 5.73 Å². The first kappa shape index (κ1) is 12.6. The van der Waals surface area contributed by atoms with E-state index in [1.54, 1.807) is 0 Å². The molecule has 1 saturated heterocycles. The summed E-state index contributed by atoms with van der Waals surface area (Å²) >= 11 is 0. The van der Waals surface area contributed by atoms with E-state index < -0.39 is 0 Å². The number of nitrogens with two attached hydrogens (primary N) is 1. The van der Waals surface area contributed by atoms with Crippen LogP contribution in [-0.2, 0) is 13.1 Å². The molecule has 0 amide bonds. The van der Waals surface area contributed by atoms with Gasteiger partial charge in [0.15, 0.2) is 0 Å². The standard InChI is InChI=1S/C13H24N4/c1-3-17-10-12(8-15-17)9-16-6-4-5-11(2)13(16)7-14/h8,10-11,13H,3-7,9,14H2,1-2H3. The molecule has 0 aromatic carbocycles. The number of aromatic nitrogens is 2. The van der Waals surface area contributed by atoms with Gasteiger partial charge < -0.3 is 5.73 Å². The summed E-state index contributed by atoms with van der Waals surface area (Å²) < 4.78 is 1.99. The molecule has 0 spiro atoms. The summed E-state index contributed by atoms with van der Waals surface area (Å²) in [4.78, 5) is 2.52. The molecule has 4 nitrogen and oxygen atoms in total. The van der Waals surface area contributed by atoms with Crippen LogP contribution in [0.15, 0.2) is 12.4 Å². The maximum atomic E-state index is 5.91. The fourth-order valence-electron chi connectivity index (χ4n) is 2.81. The highest BCUT2D eigenvalue weighted by atomic mass is 15.3. The molecule has 2 atom stereocenters. The third kappa shape index (κ3) is 2.87. The highest BCUT2D eigenvalue weighted by Gasteiger charge is 2.27. The number of aryl methyl sites for hydroxylation is 1. The van der Waals surface area contributed by atoms with Crippen molar-refractivity contribution in [1.29, 1.82) is 0 Å². The average molecular weight is 236 g/mol. The van der Waals surface area contributed by atoms with E-state index in [0.29, 0.717) is 6.04 Å². The Morgan fingerprint density at radius 3 is 3.00 bits per heavy atom. The molecule has 17 heavy (non-hydrogen) atoms. The van der Waals surface area contributed by atoms with E-state index >= 15 is 0 Å². The van der Waals surface area contributed by atoms with Gasteiger partial charge in [-0.15, -0.1) is 0 Å². The second kappa shape index (κ2) is 5.65. The van der Waals surface area contributed by atoms with Crippen LogP contribution in [0.5, 0.6) is 0 Å². The first-order valence-corrected chi connectivity index (χ1v) is 6.70. The molecule has 96 valence electrons. The molecule has 0 radical (unpaired) electrons. The third-order valence-electron chi connectivity index (χ3n) is 3.87. The Labute approximate surface area is 104 Å². The number of hydrogen-bond acceptors (Lipinski definition) is 3. The molecule has 1 aliphatic heterocycles. The van der Waals surface area contributed by atoms with Gasteiger partial charge in [0.1, 0.15) is 0 Å². The van der Waals surface area contributed by atoms with Crippen molar-refractivity contribution >= 4 is 0 Å². The van der Waals surface area contributed by atoms with E-state index in [2.05, 4.69) is 30.0 Å². The lowest BCUT2D eigenvalue weighted by molar-refractivity contribution is 0.0990. The Morgan fingerprint density at radius 1 is 1.53 bits per heavy atom. The second-order valence-electron chi connectivity index (χ2n) is 5.10. The van der Waals surface area contributed by atoms with Crippen LogP contribution in [0.3, 0.4) is 0 Å². The Kier molecular flexibility index (Phi) is 4.18. The number of nitrogens with zero attached hydrogens (tertiary/aromatic N) is 3. The normalized spacial score (nSPS) is 26.3. The van der Waals surface area contributed by atoms with E-state index in [9.17, 15) is 0 Å². The smallest absolute Gasteiger partial charge is 0.0534 e. The van der Waals surface area contributed by atoms with Crippen LogP contribution in [0.25, 0.3) is 0 Å². The van der Waals surface area contributed by atoms with Crippen molar-refractivity contribution in [3.63, 3.8) is 0 Å². The molecule has 1 fully saturated rings. The molecular weight excluding hydrogens is 212 g/mol. The van der Waals surface area contributed by atoms with Crippen molar-refractivity contribution in [2.24, 2.45) is 11.7 Å². The average Bonchev–Trinajstić information content (AvgIpc) is 2.77. The maximum absolute atomic E-state index is 5.91. The van der Waals surface area contributed by atoms with E-state index in [0.717, 1.165) is 25.6 Å². The monoisotopic (exact) mass is 236 g/mol. The van der Waals surface area contributed by atoms with Gasteiger partial charge in [-0.2, -0.15) is 5.10 Å². The zero-order valence-electron chi connectivity index (χ0n) is 11.0. The molecule has 2 N–H and O–H groups in total. The first-order chi connectivity index (χ1) is 8.24. The minimum atomic E-state index is 0.536. The van der Waals surface area contributed by atoms with Gasteiger partial charge in [-0.1, -0.05) is 6.92 Å². The van der Waals surface area contributed by atoms with Gasteiger partial charge in [-0.25, -0.2) is 0 Å². The minimum Gasteiger partial charge on any atom is -0.329 e. The highest BCUT2D eigenvalue weighted by molar-refractivity contribution is 5.04. The topological polar surface area (TPSA) is 47.1 Å². The summed E-state index contributed by atoms with van der Waals surface area (Å²) in [5, 5.41) is 4.33. The maximum Gasteiger partial charge on any atom is 0.0534 e. The van der Waals surface area contributed by atoms with E-state index in [1.807, 2.05) is 10.9 Å². The summed E-state index contributed by atoms with van der Waals surface area (Å²) in [6.45, 7) is 8.30. The van der Waals surface area contributed by atoms with Gasteiger partial charge in [-0.05, 0) is 32.2 Å². The van der Waals surface area contributed by atoms with Gasteiger partial charge >= 0.3 is 0 Å². The highest BCUT2D eigenvalue weighted by Crippen LogP contribution is 2.24. The Hall–Kier alpha value is -0.870. The van der Waals surface area contributed by atoms with Crippen LogP contribution < -0.4 is 5.73 Å². The van der Waals surface area contributed by atoms with Crippen molar-refractivity contribution in [3.8, 4) is 0 Å². The van der Waals surface area contributed by atoms with Crippen LogP contribution in [0.2, 0.25) is 0 Å². The van der Waals surface area contributed by atoms with Crippen LogP contribution in [-0.4, -0.2) is 33.8 Å². The number of likely N-dealkylation sites (tertiary alicyclic amines) is 1. The van der Waals surface area contributed by atoms with Crippen LogP contribution >= 0.6 is 0 Å². The molecule has 2 heterocycles. The van der Waals surface area contributed by atoms with Gasteiger partial charge in [-0.3, -0.25) is 9.58 Å². The molecule has 1 aromatic rings. The van der Waals surface area contributed by atoms with Crippen molar-refractivity contribution in [2.45, 2.75) is 45.8 Å². The predicted octanol–water partition coefficient (Wildman–Crippen LogP) is 1.46. The third-order valence-corrected chi connectivity index (χ3v) is 3.87. The number of piperidine rings is 1. The van der Waals surface area contributed by atoms with E-state index in [-0.39, 0.29) is 0 Å². The number of hydrogen-bond donors (Lipinski definition) is 1. The van der Waals surface area contributed by atoms with Gasteiger partial charge in [0.2, 0.25) is 0 Å². The van der Waals surface area contributed by atoms with Crippen LogP contribution in [0, 0.1) is 5.92 Å². The van der Waals surface area contributed by atoms with Gasteiger partial charge in [0, 0.05) is 37.4 Å². The molecule has 0 aliphatic carbocycles. The quantitative estimate of drug-likeness (QED) is 0.861. The SMILES string of the molecule is CCn1cc(CN2CCCC(C)C2CN)cn1. The summed E-state index contributed by atoms with van der Waals surface area (Å²) in [5.41, 5.74) is 7.21. The summed E-state index contributed by atoms with van der Waals surface area (Å²) in [7, 11) is 0. The summed E-state index contributed by atoms with van der Waals surface area (Å²) in [6, 6.07) is 0.536.